The average Bonchev–Trinajstić information content (AvgIpc) is 1.56. The Morgan fingerprint density at radius 1 is 0.273 bits per heavy atom. The molecule has 99 heavy (non-hydrogen) atoms. The molecule has 0 spiro atoms. The molecule has 14 aromatic carbocycles. The van der Waals surface area contributed by atoms with Gasteiger partial charge in [-0.25, -0.2) is 0 Å². The van der Waals surface area contributed by atoms with E-state index >= 15 is 0 Å². The fourth-order valence-electron chi connectivity index (χ4n) is 19.7. The third kappa shape index (κ3) is 6.57. The topological polar surface area (TPSA) is 23.9 Å². The van der Waals surface area contributed by atoms with Crippen LogP contribution in [0.3, 0.4) is 0 Å². The van der Waals surface area contributed by atoms with E-state index in [0.717, 1.165) is 40.5 Å². The van der Waals surface area contributed by atoms with Crippen LogP contribution in [0.1, 0.15) is 17.5 Å². The molecule has 7 nitrogen and oxygen atoms in total. The first kappa shape index (κ1) is 52.6. The predicted molar refractivity (Wildman–Crippen MR) is 418 cm³/mol. The second-order valence-electron chi connectivity index (χ2n) is 27.7. The molecule has 454 valence electrons. The highest BCUT2D eigenvalue weighted by Crippen LogP contribution is 2.56. The van der Waals surface area contributed by atoms with Crippen LogP contribution < -0.4 is 73.1 Å². The summed E-state index contributed by atoms with van der Waals surface area (Å²) in [5.41, 5.74) is 39.4. The minimum atomic E-state index is -0.175. The van der Waals surface area contributed by atoms with E-state index in [9.17, 15) is 0 Å². The molecule has 0 atom stereocenters. The molecule has 0 saturated heterocycles. The second-order valence-corrected chi connectivity index (χ2v) is 27.7. The molecule has 16 aromatic rings. The van der Waals surface area contributed by atoms with Crippen LogP contribution in [-0.4, -0.2) is 24.5 Å². The summed E-state index contributed by atoms with van der Waals surface area (Å²) in [5, 5.41) is 5.10. The van der Waals surface area contributed by atoms with Gasteiger partial charge in [0, 0.05) is 136 Å². The number of benzene rings is 14. The van der Waals surface area contributed by atoms with Crippen LogP contribution in [0.25, 0.3) is 49.6 Å². The lowest BCUT2D eigenvalue weighted by Gasteiger charge is -2.47. The first-order chi connectivity index (χ1) is 49.2. The lowest BCUT2D eigenvalue weighted by Crippen LogP contribution is -2.62. The third-order valence-corrected chi connectivity index (χ3v) is 23.1. The molecular formula is C89H54B3N7. The van der Waals surface area contributed by atoms with E-state index in [1.807, 2.05) is 0 Å². The van der Waals surface area contributed by atoms with Gasteiger partial charge in [-0.1, -0.05) is 176 Å². The van der Waals surface area contributed by atoms with Crippen molar-refractivity contribution < 1.29 is 0 Å². The van der Waals surface area contributed by atoms with Crippen molar-refractivity contribution in [2.24, 2.45) is 0 Å². The van der Waals surface area contributed by atoms with Gasteiger partial charge < -0.3 is 33.8 Å². The number of rotatable bonds is 6. The van der Waals surface area contributed by atoms with Crippen molar-refractivity contribution in [2.75, 3.05) is 29.4 Å². The van der Waals surface area contributed by atoms with Crippen LogP contribution >= 0.6 is 0 Å². The molecule has 7 aliphatic rings. The van der Waals surface area contributed by atoms with Crippen molar-refractivity contribution in [2.45, 2.75) is 6.42 Å². The van der Waals surface area contributed by atoms with Gasteiger partial charge in [-0.15, -0.1) is 0 Å². The number of para-hydroxylation sites is 7. The smallest absolute Gasteiger partial charge is 0.253 e. The Morgan fingerprint density at radius 3 is 1.30 bits per heavy atom. The summed E-state index contributed by atoms with van der Waals surface area (Å²) in [7, 11) is 0. The van der Waals surface area contributed by atoms with Gasteiger partial charge in [-0.05, 0) is 194 Å². The molecule has 6 aliphatic heterocycles. The first-order valence-corrected chi connectivity index (χ1v) is 34.8. The van der Waals surface area contributed by atoms with E-state index < -0.39 is 0 Å². The van der Waals surface area contributed by atoms with Gasteiger partial charge in [-0.3, -0.25) is 0 Å². The van der Waals surface area contributed by atoms with Gasteiger partial charge in [0.2, 0.25) is 0 Å². The molecule has 0 saturated carbocycles. The number of hydrogen-bond acceptors (Lipinski definition) is 6. The molecule has 0 bridgehead atoms. The number of allylic oxidation sites excluding steroid dienone is 1. The summed E-state index contributed by atoms with van der Waals surface area (Å²) in [4.78, 5) is 15.6. The molecule has 0 fully saturated rings. The quantitative estimate of drug-likeness (QED) is 0.154. The normalized spacial score (nSPS) is 15.0. The molecule has 10 heteroatoms. The summed E-state index contributed by atoms with van der Waals surface area (Å²) in [6, 6.07) is 115. The Morgan fingerprint density at radius 2 is 0.717 bits per heavy atom. The average molecular weight is 1250 g/mol. The van der Waals surface area contributed by atoms with Gasteiger partial charge >= 0.3 is 0 Å². The predicted octanol–water partition coefficient (Wildman–Crippen LogP) is 17.2. The van der Waals surface area contributed by atoms with Crippen LogP contribution in [0.15, 0.2) is 315 Å². The van der Waals surface area contributed by atoms with Crippen molar-refractivity contribution in [3.63, 3.8) is 0 Å². The summed E-state index contributed by atoms with van der Waals surface area (Å²) in [6.45, 7) is -0.459. The number of hydrogen-bond donors (Lipinski definition) is 0. The van der Waals surface area contributed by atoms with Crippen LogP contribution in [0, 0.1) is 0 Å². The summed E-state index contributed by atoms with van der Waals surface area (Å²) in [6.07, 6.45) is 5.72. The van der Waals surface area contributed by atoms with E-state index in [0.29, 0.717) is 0 Å². The summed E-state index contributed by atoms with van der Waals surface area (Å²) >= 11 is 0. The molecule has 1 aliphatic carbocycles. The van der Waals surface area contributed by atoms with Gasteiger partial charge in [0.1, 0.15) is 0 Å². The Balaban J connectivity index is 0.920. The fourth-order valence-corrected chi connectivity index (χ4v) is 19.7. The van der Waals surface area contributed by atoms with Gasteiger partial charge in [-0.2, -0.15) is 0 Å². The Bertz CT molecular complexity index is 6300. The zero-order valence-electron chi connectivity index (χ0n) is 53.6. The van der Waals surface area contributed by atoms with Gasteiger partial charge in [0.05, 0.1) is 16.6 Å². The Hall–Kier alpha value is -12.6. The molecular weight excluding hydrogens is 1200 g/mol. The second kappa shape index (κ2) is 19.1. The largest absolute Gasteiger partial charge is 0.315 e. The maximum Gasteiger partial charge on any atom is 0.253 e. The van der Waals surface area contributed by atoms with Crippen molar-refractivity contribution in [1.29, 1.82) is 0 Å². The highest BCUT2D eigenvalue weighted by Gasteiger charge is 2.52. The molecule has 8 heterocycles. The van der Waals surface area contributed by atoms with Crippen LogP contribution in [0.5, 0.6) is 0 Å². The van der Waals surface area contributed by atoms with E-state index in [4.69, 9.17) is 0 Å². The zero-order valence-corrected chi connectivity index (χ0v) is 53.6. The van der Waals surface area contributed by atoms with Gasteiger partial charge in [0.25, 0.3) is 20.1 Å². The summed E-state index contributed by atoms with van der Waals surface area (Å²) < 4.78 is 2.73. The Kier molecular flexibility index (Phi) is 10.1. The summed E-state index contributed by atoms with van der Waals surface area (Å²) in [5.74, 6) is 0. The Labute approximate surface area is 573 Å². The lowest BCUT2D eigenvalue weighted by atomic mass is 9.30. The van der Waals surface area contributed by atoms with Crippen molar-refractivity contribution in [3.05, 3.63) is 326 Å². The van der Waals surface area contributed by atoms with E-state index in [2.05, 4.69) is 349 Å². The first-order valence-electron chi connectivity index (χ1n) is 34.8. The van der Waals surface area contributed by atoms with Crippen LogP contribution in [0.4, 0.5) is 96.7 Å². The third-order valence-electron chi connectivity index (χ3n) is 23.1. The fraction of sp³-hybridized carbons (Fsp3) is 0.0112. The number of nitrogens with zero attached hydrogens (tertiary/aromatic N) is 7. The van der Waals surface area contributed by atoms with Gasteiger partial charge in [0.15, 0.2) is 0 Å². The standard InChI is InChI=1S/C89H54B3N7/c1-7-25-54(26-8-1)93-67-39-20-19-38-64(67)90-83-70(93)41-22-42-71(83)95(56-29-11-3-12-30-56)76-50-49-68-80(86(76)90)63-52-79-87-81-62-51-66-78(53-77(62)99(68)89(63)81)96(57-31-13-4-14-32-57)73-44-23-43-72-84(73)92(66)82-60-47-48-65-88(61(60)37-21-40-69(82)94(72)55-27-9-2-10-28-55)98(59-35-17-6-18-36-59)75-46-24-45-74(85(75)91(65)87)97(79)58-33-15-5-16-34-58/h1-39,41-53H,40H2. The highest BCUT2D eigenvalue weighted by molar-refractivity contribution is 7.05. The van der Waals surface area contributed by atoms with Crippen molar-refractivity contribution in [1.82, 2.24) is 4.40 Å². The molecule has 0 N–H and O–H groups in total. The van der Waals surface area contributed by atoms with Crippen molar-refractivity contribution >= 4 is 210 Å². The zero-order chi connectivity index (χ0) is 64.0. The minimum absolute atomic E-state index is 0.136. The lowest BCUT2D eigenvalue weighted by molar-refractivity contribution is 1.09. The molecule has 23 rings (SSSR count). The number of aromatic nitrogens is 1. The van der Waals surface area contributed by atoms with E-state index in [-0.39, 0.29) is 20.1 Å². The maximum absolute atomic E-state index is 2.73. The molecule has 0 unspecified atom stereocenters. The minimum Gasteiger partial charge on any atom is -0.315 e. The van der Waals surface area contributed by atoms with Crippen LogP contribution in [-0.2, 0) is 0 Å². The monoisotopic (exact) mass is 1250 g/mol. The number of anilines is 17. The van der Waals surface area contributed by atoms with E-state index in [1.165, 1.54) is 167 Å². The molecule has 0 amide bonds. The highest BCUT2D eigenvalue weighted by atomic mass is 15.2. The van der Waals surface area contributed by atoms with E-state index in [1.54, 1.807) is 0 Å². The molecule has 2 aromatic heterocycles. The molecule has 0 radical (unpaired) electrons. The number of fused-ring (bicyclic) bond motifs is 22. The SMILES string of the molecule is C1=Cc2c3ccc4c2N(c2ccccc2)c2cccc5c2B4c2c(cc4c6c7c(ccc6n6c8cc9c(cc8c2c46)B2C3=C(C1)N(c1ccccc1)c1cccc(c12)N9c1ccccc1)N(c1ccccc1)c1cccc2c1B7c1ccccc1N2c1ccccc1)N5c1ccccc1. The van der Waals surface area contributed by atoms with Crippen molar-refractivity contribution in [3.8, 4) is 0 Å². The van der Waals surface area contributed by atoms with Crippen LogP contribution in [0.2, 0.25) is 0 Å². The maximum atomic E-state index is 2.73.